The molecule has 1 aliphatic heterocycles. The molecule has 2 aromatic carbocycles. The van der Waals surface area contributed by atoms with E-state index in [1.165, 1.54) is 6.07 Å². The summed E-state index contributed by atoms with van der Waals surface area (Å²) in [5.41, 5.74) is 1.18. The number of hydrogen-bond donors (Lipinski definition) is 0. The van der Waals surface area contributed by atoms with Gasteiger partial charge < -0.3 is 14.2 Å². The van der Waals surface area contributed by atoms with Crippen LogP contribution in [0.4, 0.5) is 13.2 Å². The summed E-state index contributed by atoms with van der Waals surface area (Å²) >= 11 is 12.4. The van der Waals surface area contributed by atoms with Gasteiger partial charge in [-0.25, -0.2) is 4.98 Å². The lowest BCUT2D eigenvalue weighted by Gasteiger charge is -2.25. The number of likely N-dealkylation sites (tertiary alicyclic amines) is 1. The second kappa shape index (κ2) is 11.1. The molecular weight excluding hydrogens is 568 g/mol. The van der Waals surface area contributed by atoms with Gasteiger partial charge in [0.1, 0.15) is 6.10 Å². The highest BCUT2D eigenvalue weighted by Crippen LogP contribution is 2.39. The molecule has 0 bridgehead atoms. The first-order chi connectivity index (χ1) is 19.0. The minimum Gasteiger partial charge on any atom is -0.474 e. The van der Waals surface area contributed by atoms with E-state index in [2.05, 4.69) is 15.1 Å². The molecule has 208 valence electrons. The van der Waals surface area contributed by atoms with E-state index in [9.17, 15) is 18.0 Å². The monoisotopic (exact) mass is 590 g/mol. The number of nitrogens with zero attached hydrogens (tertiary/aromatic N) is 4. The van der Waals surface area contributed by atoms with Crippen LogP contribution in [0.3, 0.4) is 0 Å². The van der Waals surface area contributed by atoms with Crippen LogP contribution in [-0.2, 0) is 6.18 Å². The predicted octanol–water partition coefficient (Wildman–Crippen LogP) is 7.09. The number of rotatable bonds is 6. The lowest BCUT2D eigenvalue weighted by atomic mass is 9.86. The maximum absolute atomic E-state index is 13.5. The molecule has 2 aromatic heterocycles. The van der Waals surface area contributed by atoms with Crippen molar-refractivity contribution in [2.75, 3.05) is 13.1 Å². The Morgan fingerprint density at radius 3 is 2.42 bits per heavy atom. The van der Waals surface area contributed by atoms with Crippen molar-refractivity contribution in [3.63, 3.8) is 0 Å². The summed E-state index contributed by atoms with van der Waals surface area (Å²) in [7, 11) is 0. The molecule has 1 amide bonds. The van der Waals surface area contributed by atoms with Gasteiger partial charge >= 0.3 is 6.18 Å². The van der Waals surface area contributed by atoms with Crippen molar-refractivity contribution in [3.05, 3.63) is 93.4 Å². The van der Waals surface area contributed by atoms with Crippen molar-refractivity contribution >= 4 is 29.1 Å². The SMILES string of the molecule is Cc1noc(-c2ccc(C(=O)N3CC(c4ccc(Cl)c(Cl)c4)C(C(C)Oc4ccc(C(F)(F)F)cn4)C3)cc2)n1. The topological polar surface area (TPSA) is 81.4 Å². The molecule has 4 aromatic rings. The maximum atomic E-state index is 13.5. The Labute approximate surface area is 237 Å². The van der Waals surface area contributed by atoms with Gasteiger partial charge in [0, 0.05) is 48.3 Å². The predicted molar refractivity (Wildman–Crippen MR) is 142 cm³/mol. The van der Waals surface area contributed by atoms with Gasteiger partial charge in [-0.1, -0.05) is 34.4 Å². The lowest BCUT2D eigenvalue weighted by Crippen LogP contribution is -2.32. The second-order valence-corrected chi connectivity index (χ2v) is 10.4. The second-order valence-electron chi connectivity index (χ2n) is 9.58. The molecule has 1 saturated heterocycles. The van der Waals surface area contributed by atoms with Gasteiger partial charge in [0.2, 0.25) is 5.88 Å². The summed E-state index contributed by atoms with van der Waals surface area (Å²) in [6.45, 7) is 4.25. The Hall–Kier alpha value is -3.63. The van der Waals surface area contributed by atoms with E-state index in [1.807, 2.05) is 13.0 Å². The Kier molecular flexibility index (Phi) is 7.74. The van der Waals surface area contributed by atoms with Crippen molar-refractivity contribution in [2.45, 2.75) is 32.0 Å². The number of carbonyl (C=O) groups excluding carboxylic acids is 1. The van der Waals surface area contributed by atoms with Crippen LogP contribution >= 0.6 is 23.2 Å². The summed E-state index contributed by atoms with van der Waals surface area (Å²) in [6.07, 6.45) is -4.25. The van der Waals surface area contributed by atoms with Gasteiger partial charge in [0.25, 0.3) is 11.8 Å². The van der Waals surface area contributed by atoms with E-state index < -0.39 is 17.8 Å². The molecule has 1 aliphatic rings. The molecule has 0 N–H and O–H groups in total. The van der Waals surface area contributed by atoms with E-state index >= 15 is 0 Å². The van der Waals surface area contributed by atoms with Gasteiger partial charge in [-0.2, -0.15) is 18.2 Å². The molecule has 3 heterocycles. The Morgan fingerprint density at radius 1 is 1.07 bits per heavy atom. The largest absolute Gasteiger partial charge is 0.474 e. The van der Waals surface area contributed by atoms with Gasteiger partial charge in [-0.15, -0.1) is 0 Å². The zero-order valence-corrected chi connectivity index (χ0v) is 22.8. The van der Waals surface area contributed by atoms with Crippen molar-refractivity contribution in [3.8, 4) is 17.3 Å². The van der Waals surface area contributed by atoms with Crippen LogP contribution in [0.25, 0.3) is 11.5 Å². The number of ether oxygens (including phenoxy) is 1. The molecule has 1 fully saturated rings. The summed E-state index contributed by atoms with van der Waals surface area (Å²) in [6, 6.07) is 14.3. The highest BCUT2D eigenvalue weighted by atomic mass is 35.5. The first-order valence-electron chi connectivity index (χ1n) is 12.3. The van der Waals surface area contributed by atoms with Gasteiger partial charge in [-0.05, 0) is 61.9 Å². The average molecular weight is 591 g/mol. The highest BCUT2D eigenvalue weighted by Gasteiger charge is 2.41. The molecule has 40 heavy (non-hydrogen) atoms. The summed E-state index contributed by atoms with van der Waals surface area (Å²) in [5.74, 6) is 0.357. The number of aryl methyl sites for hydroxylation is 1. The van der Waals surface area contributed by atoms with Crippen molar-refractivity contribution < 1.29 is 27.2 Å². The molecule has 0 spiro atoms. The number of aromatic nitrogens is 3. The van der Waals surface area contributed by atoms with Gasteiger partial charge in [-0.3, -0.25) is 4.79 Å². The Balaban J connectivity index is 1.37. The molecule has 7 nitrogen and oxygen atoms in total. The molecular formula is C28H23Cl2F3N4O3. The number of hydrogen-bond acceptors (Lipinski definition) is 6. The fourth-order valence-electron chi connectivity index (χ4n) is 4.81. The quantitative estimate of drug-likeness (QED) is 0.238. The number of alkyl halides is 3. The zero-order valence-electron chi connectivity index (χ0n) is 21.3. The molecule has 0 aliphatic carbocycles. The van der Waals surface area contributed by atoms with E-state index in [1.54, 1.807) is 48.2 Å². The summed E-state index contributed by atoms with van der Waals surface area (Å²) < 4.78 is 50.0. The summed E-state index contributed by atoms with van der Waals surface area (Å²) in [4.78, 5) is 23.3. The van der Waals surface area contributed by atoms with Crippen LogP contribution < -0.4 is 4.74 Å². The normalized spacial score (nSPS) is 18.1. The highest BCUT2D eigenvalue weighted by molar-refractivity contribution is 6.42. The van der Waals surface area contributed by atoms with Crippen LogP contribution in [0.2, 0.25) is 10.0 Å². The van der Waals surface area contributed by atoms with Crippen LogP contribution in [0.5, 0.6) is 5.88 Å². The zero-order chi connectivity index (χ0) is 28.6. The third-order valence-corrected chi connectivity index (χ3v) is 7.64. The number of amides is 1. The third kappa shape index (κ3) is 5.93. The first-order valence-corrected chi connectivity index (χ1v) is 13.1. The maximum Gasteiger partial charge on any atom is 0.417 e. The van der Waals surface area contributed by atoms with Crippen LogP contribution in [0.1, 0.15) is 40.2 Å². The average Bonchev–Trinajstić information content (AvgIpc) is 3.57. The van der Waals surface area contributed by atoms with Crippen molar-refractivity contribution in [2.24, 2.45) is 5.92 Å². The summed E-state index contributed by atoms with van der Waals surface area (Å²) in [5, 5.41) is 4.57. The van der Waals surface area contributed by atoms with Gasteiger partial charge in [0.15, 0.2) is 5.82 Å². The van der Waals surface area contributed by atoms with E-state index in [-0.39, 0.29) is 23.6 Å². The standard InChI is InChI=1S/C28H23Cl2F3N4O3/c1-15(39-25-10-8-20(12-34-25)28(31,32)33)21-13-37(14-22(21)19-7-9-23(29)24(30)11-19)27(38)18-5-3-17(4-6-18)26-35-16(2)36-40-26/h3-12,15,21-22H,13-14H2,1-2H3. The number of benzene rings is 2. The third-order valence-electron chi connectivity index (χ3n) is 6.90. The Morgan fingerprint density at radius 2 is 1.82 bits per heavy atom. The molecule has 12 heteroatoms. The number of pyridine rings is 1. The lowest BCUT2D eigenvalue weighted by molar-refractivity contribution is -0.137. The van der Waals surface area contributed by atoms with Crippen LogP contribution in [-0.4, -0.2) is 45.1 Å². The minimum absolute atomic E-state index is 0.0602. The van der Waals surface area contributed by atoms with E-state index in [0.29, 0.717) is 46.0 Å². The van der Waals surface area contributed by atoms with Crippen LogP contribution in [0.15, 0.2) is 65.3 Å². The van der Waals surface area contributed by atoms with Gasteiger partial charge in [0.05, 0.1) is 15.6 Å². The smallest absolute Gasteiger partial charge is 0.417 e. The molecule has 5 rings (SSSR count). The Bertz CT molecular complexity index is 1510. The number of carbonyl (C=O) groups is 1. The van der Waals surface area contributed by atoms with Crippen molar-refractivity contribution in [1.29, 1.82) is 0 Å². The number of halogens is 5. The van der Waals surface area contributed by atoms with E-state index in [4.69, 9.17) is 32.5 Å². The van der Waals surface area contributed by atoms with Crippen LogP contribution in [0, 0.1) is 12.8 Å². The fourth-order valence-corrected chi connectivity index (χ4v) is 5.12. The molecule has 3 unspecified atom stereocenters. The molecule has 0 radical (unpaired) electrons. The van der Waals surface area contributed by atoms with Crippen molar-refractivity contribution in [1.82, 2.24) is 20.0 Å². The molecule has 3 atom stereocenters. The first kappa shape index (κ1) is 27.9. The molecule has 0 saturated carbocycles. The fraction of sp³-hybridized carbons (Fsp3) is 0.286. The van der Waals surface area contributed by atoms with E-state index in [0.717, 1.165) is 17.8 Å². The minimum atomic E-state index is -4.50.